The van der Waals surface area contributed by atoms with Crippen LogP contribution in [0.5, 0.6) is 0 Å². The van der Waals surface area contributed by atoms with E-state index in [1.807, 2.05) is 31.4 Å². The van der Waals surface area contributed by atoms with Gasteiger partial charge in [0.05, 0.1) is 27.8 Å². The molecule has 2 aromatic rings. The summed E-state index contributed by atoms with van der Waals surface area (Å²) >= 11 is 3.08. The van der Waals surface area contributed by atoms with Gasteiger partial charge in [0.1, 0.15) is 0 Å². The molecule has 10 heteroatoms. The lowest BCUT2D eigenvalue weighted by atomic mass is 10.2. The number of thioether (sulfide) groups is 1. The highest BCUT2D eigenvalue weighted by molar-refractivity contribution is 7.98. The number of amides is 1. The van der Waals surface area contributed by atoms with Crippen LogP contribution in [0.15, 0.2) is 34.5 Å². The molecule has 32 heavy (non-hydrogen) atoms. The van der Waals surface area contributed by atoms with Crippen LogP contribution >= 0.6 is 23.1 Å². The van der Waals surface area contributed by atoms with Gasteiger partial charge in [-0.25, -0.2) is 18.2 Å². The van der Waals surface area contributed by atoms with Crippen molar-refractivity contribution in [3.05, 3.63) is 45.9 Å². The van der Waals surface area contributed by atoms with Gasteiger partial charge in [-0.05, 0) is 31.9 Å². The molecule has 1 fully saturated rings. The third kappa shape index (κ3) is 6.79. The van der Waals surface area contributed by atoms with Crippen LogP contribution < -0.4 is 0 Å². The van der Waals surface area contributed by atoms with Crippen LogP contribution in [0.1, 0.15) is 47.2 Å². The smallest absolute Gasteiger partial charge is 0.339 e. The number of aromatic nitrogens is 1. The van der Waals surface area contributed by atoms with Gasteiger partial charge in [-0.3, -0.25) is 4.79 Å². The minimum Gasteiger partial charge on any atom is -0.452 e. The number of nitrogens with zero attached hydrogens (tertiary/aromatic N) is 2. The quantitative estimate of drug-likeness (QED) is 0.366. The van der Waals surface area contributed by atoms with Gasteiger partial charge in [0.2, 0.25) is 0 Å². The molecule has 2 heterocycles. The molecular formula is C22H28N2O5S3. The van der Waals surface area contributed by atoms with Gasteiger partial charge in [0, 0.05) is 28.6 Å². The summed E-state index contributed by atoms with van der Waals surface area (Å²) in [6, 6.07) is 6.79. The van der Waals surface area contributed by atoms with Gasteiger partial charge < -0.3 is 9.64 Å². The van der Waals surface area contributed by atoms with E-state index in [2.05, 4.69) is 4.98 Å². The second kappa shape index (κ2) is 11.3. The number of sulfone groups is 1. The fourth-order valence-corrected chi connectivity index (χ4v) is 6.92. The van der Waals surface area contributed by atoms with Crippen molar-refractivity contribution in [3.63, 3.8) is 0 Å². The van der Waals surface area contributed by atoms with Gasteiger partial charge >= 0.3 is 5.97 Å². The Morgan fingerprint density at radius 2 is 2.09 bits per heavy atom. The normalized spacial score (nSPS) is 17.2. The maximum atomic E-state index is 12.8. The zero-order valence-corrected chi connectivity index (χ0v) is 20.7. The standard InChI is InChI=1S/C22H28N2O5S3/c1-3-4-10-24(18-9-11-32(27,28)15-18)21(25)12-29-22(26)19-7-5-6-8-20(19)31-14-17-13-30-16(2)23-17/h5-8,13,18H,3-4,9-12,14-15H2,1-2H3. The molecule has 1 aliphatic heterocycles. The number of hydrogen-bond acceptors (Lipinski definition) is 8. The molecule has 3 rings (SSSR count). The predicted molar refractivity (Wildman–Crippen MR) is 127 cm³/mol. The molecule has 1 unspecified atom stereocenters. The second-order valence-electron chi connectivity index (χ2n) is 7.72. The number of benzene rings is 1. The number of ether oxygens (including phenoxy) is 1. The molecule has 0 aliphatic carbocycles. The van der Waals surface area contributed by atoms with E-state index < -0.39 is 22.4 Å². The monoisotopic (exact) mass is 496 g/mol. The molecule has 1 aromatic heterocycles. The first-order chi connectivity index (χ1) is 15.3. The molecule has 1 aliphatic rings. The van der Waals surface area contributed by atoms with E-state index in [9.17, 15) is 18.0 Å². The van der Waals surface area contributed by atoms with Gasteiger partial charge in [-0.1, -0.05) is 25.5 Å². The highest BCUT2D eigenvalue weighted by Gasteiger charge is 2.34. The topological polar surface area (TPSA) is 93.6 Å². The van der Waals surface area contributed by atoms with Gasteiger partial charge in [0.25, 0.3) is 5.91 Å². The Labute approximate surface area is 197 Å². The van der Waals surface area contributed by atoms with Crippen molar-refractivity contribution in [3.8, 4) is 0 Å². The van der Waals surface area contributed by atoms with Crippen molar-refractivity contribution < 1.29 is 22.7 Å². The number of rotatable bonds is 10. The van der Waals surface area contributed by atoms with E-state index in [1.165, 1.54) is 11.8 Å². The molecule has 0 saturated carbocycles. The van der Waals surface area contributed by atoms with Crippen LogP contribution in [0.25, 0.3) is 0 Å². The van der Waals surface area contributed by atoms with E-state index in [4.69, 9.17) is 4.74 Å². The van der Waals surface area contributed by atoms with E-state index in [0.717, 1.165) is 28.4 Å². The largest absolute Gasteiger partial charge is 0.452 e. The second-order valence-corrected chi connectivity index (χ2v) is 12.0. The summed E-state index contributed by atoms with van der Waals surface area (Å²) in [6.07, 6.45) is 2.08. The van der Waals surface area contributed by atoms with Crippen molar-refractivity contribution >= 4 is 44.8 Å². The van der Waals surface area contributed by atoms with Crippen LogP contribution in [-0.4, -0.2) is 60.9 Å². The highest BCUT2D eigenvalue weighted by Crippen LogP contribution is 2.27. The summed E-state index contributed by atoms with van der Waals surface area (Å²) in [5.74, 6) is -0.209. The zero-order valence-electron chi connectivity index (χ0n) is 18.3. The molecular weight excluding hydrogens is 468 g/mol. The third-order valence-corrected chi connectivity index (χ3v) is 8.88. The first-order valence-electron chi connectivity index (χ1n) is 10.6. The first-order valence-corrected chi connectivity index (χ1v) is 14.3. The highest BCUT2D eigenvalue weighted by atomic mass is 32.2. The maximum Gasteiger partial charge on any atom is 0.339 e. The molecule has 1 aromatic carbocycles. The summed E-state index contributed by atoms with van der Waals surface area (Å²) in [5.41, 5.74) is 1.36. The Balaban J connectivity index is 1.61. The molecule has 1 amide bonds. The zero-order chi connectivity index (χ0) is 23.1. The number of hydrogen-bond donors (Lipinski definition) is 0. The molecule has 0 N–H and O–H groups in total. The minimum absolute atomic E-state index is 0.0219. The summed E-state index contributed by atoms with van der Waals surface area (Å²) in [7, 11) is -3.12. The van der Waals surface area contributed by atoms with E-state index in [1.54, 1.807) is 28.4 Å². The molecule has 7 nitrogen and oxygen atoms in total. The molecule has 174 valence electrons. The lowest BCUT2D eigenvalue weighted by molar-refractivity contribution is -0.136. The number of esters is 1. The first kappa shape index (κ1) is 24.7. The van der Waals surface area contributed by atoms with Crippen molar-refractivity contribution in [2.45, 2.75) is 49.8 Å². The molecule has 0 spiro atoms. The van der Waals surface area contributed by atoms with E-state index >= 15 is 0 Å². The van der Waals surface area contributed by atoms with Crippen molar-refractivity contribution in [2.75, 3.05) is 24.7 Å². The molecule has 0 radical (unpaired) electrons. The number of thiazole rings is 1. The third-order valence-electron chi connectivity index (χ3n) is 5.20. The summed E-state index contributed by atoms with van der Waals surface area (Å²) in [5, 5.41) is 2.99. The number of carbonyl (C=O) groups excluding carboxylic acids is 2. The Kier molecular flexibility index (Phi) is 8.72. The Hall–Kier alpha value is -1.91. The van der Waals surface area contributed by atoms with Crippen LogP contribution in [0.4, 0.5) is 0 Å². The SMILES string of the molecule is CCCCN(C(=O)COC(=O)c1ccccc1SCc1csc(C)n1)C1CCS(=O)(=O)C1. The van der Waals surface area contributed by atoms with Crippen LogP contribution in [0.3, 0.4) is 0 Å². The summed E-state index contributed by atoms with van der Waals surface area (Å²) < 4.78 is 29.1. The van der Waals surface area contributed by atoms with E-state index in [0.29, 0.717) is 24.3 Å². The van der Waals surface area contributed by atoms with Gasteiger partial charge in [-0.15, -0.1) is 23.1 Å². The average molecular weight is 497 g/mol. The number of aryl methyl sites for hydroxylation is 1. The summed E-state index contributed by atoms with van der Waals surface area (Å²) in [4.78, 5) is 32.3. The average Bonchev–Trinajstić information content (AvgIpc) is 3.35. The van der Waals surface area contributed by atoms with Crippen molar-refractivity contribution in [1.82, 2.24) is 9.88 Å². The minimum atomic E-state index is -3.12. The summed E-state index contributed by atoms with van der Waals surface area (Å²) in [6.45, 7) is 4.03. The van der Waals surface area contributed by atoms with Crippen LogP contribution in [0, 0.1) is 6.92 Å². The lowest BCUT2D eigenvalue weighted by Crippen LogP contribution is -2.43. The fraction of sp³-hybridized carbons (Fsp3) is 0.500. The predicted octanol–water partition coefficient (Wildman–Crippen LogP) is 3.72. The van der Waals surface area contributed by atoms with Crippen molar-refractivity contribution in [2.24, 2.45) is 0 Å². The molecule has 1 saturated heterocycles. The van der Waals surface area contributed by atoms with Crippen LogP contribution in [-0.2, 0) is 25.1 Å². The Morgan fingerprint density at radius 1 is 1.31 bits per heavy atom. The Morgan fingerprint density at radius 3 is 2.75 bits per heavy atom. The fourth-order valence-electron chi connectivity index (χ4n) is 3.54. The maximum absolute atomic E-state index is 12.8. The number of unbranched alkanes of at least 4 members (excludes halogenated alkanes) is 1. The van der Waals surface area contributed by atoms with E-state index in [-0.39, 0.29) is 23.5 Å². The van der Waals surface area contributed by atoms with Crippen LogP contribution in [0.2, 0.25) is 0 Å². The lowest BCUT2D eigenvalue weighted by Gasteiger charge is -2.28. The Bertz CT molecular complexity index is 1050. The molecule has 1 atom stereocenters. The number of carbonyl (C=O) groups is 2. The van der Waals surface area contributed by atoms with Gasteiger partial charge in [-0.2, -0.15) is 0 Å². The molecule has 0 bridgehead atoms. The van der Waals surface area contributed by atoms with Crippen molar-refractivity contribution in [1.29, 1.82) is 0 Å². The van der Waals surface area contributed by atoms with Gasteiger partial charge in [0.15, 0.2) is 16.4 Å².